The van der Waals surface area contributed by atoms with Crippen LogP contribution in [0.25, 0.3) is 0 Å². The van der Waals surface area contributed by atoms with Crippen molar-refractivity contribution in [2.24, 2.45) is 0 Å². The number of unbranched alkanes of at least 4 members (excludes halogenated alkanes) is 1. The SMILES string of the molecule is CCCCc1cc(OCC2CO2)ccc1N1CCN(c2ccc(OCC3CO3)cc2)CC1. The second kappa shape index (κ2) is 10.0. The molecule has 0 aliphatic carbocycles. The van der Waals surface area contributed by atoms with Gasteiger partial charge in [0.1, 0.15) is 36.9 Å². The molecule has 0 N–H and O–H groups in total. The number of rotatable bonds is 11. The number of nitrogens with zero attached hydrogens (tertiary/aromatic N) is 2. The second-order valence-corrected chi connectivity index (χ2v) is 8.89. The molecule has 3 aliphatic heterocycles. The first-order chi connectivity index (χ1) is 15.8. The van der Waals surface area contributed by atoms with Gasteiger partial charge in [0.05, 0.1) is 13.2 Å². The lowest BCUT2D eigenvalue weighted by molar-refractivity contribution is 0.263. The first kappa shape index (κ1) is 21.4. The van der Waals surface area contributed by atoms with Crippen LogP contribution < -0.4 is 19.3 Å². The van der Waals surface area contributed by atoms with Crippen molar-refractivity contribution in [2.45, 2.75) is 38.4 Å². The molecule has 0 amide bonds. The zero-order chi connectivity index (χ0) is 21.8. The molecule has 32 heavy (non-hydrogen) atoms. The molecule has 2 atom stereocenters. The van der Waals surface area contributed by atoms with Gasteiger partial charge in [0.15, 0.2) is 0 Å². The van der Waals surface area contributed by atoms with E-state index in [9.17, 15) is 0 Å². The van der Waals surface area contributed by atoms with E-state index in [0.29, 0.717) is 13.2 Å². The van der Waals surface area contributed by atoms with Crippen molar-refractivity contribution < 1.29 is 18.9 Å². The van der Waals surface area contributed by atoms with Crippen LogP contribution in [0.2, 0.25) is 0 Å². The summed E-state index contributed by atoms with van der Waals surface area (Å²) in [5, 5.41) is 0. The van der Waals surface area contributed by atoms with E-state index in [1.54, 1.807) is 0 Å². The Hall–Kier alpha value is -2.44. The average Bonchev–Trinajstić information content (AvgIpc) is 3.76. The van der Waals surface area contributed by atoms with E-state index < -0.39 is 0 Å². The summed E-state index contributed by atoms with van der Waals surface area (Å²) >= 11 is 0. The molecule has 2 aromatic rings. The highest BCUT2D eigenvalue weighted by Gasteiger charge is 2.24. The maximum Gasteiger partial charge on any atom is 0.119 e. The maximum absolute atomic E-state index is 5.94. The van der Waals surface area contributed by atoms with E-state index in [-0.39, 0.29) is 12.2 Å². The molecule has 3 fully saturated rings. The minimum atomic E-state index is 0.287. The summed E-state index contributed by atoms with van der Waals surface area (Å²) in [6.45, 7) is 9.28. The lowest BCUT2D eigenvalue weighted by Crippen LogP contribution is -2.46. The summed E-state index contributed by atoms with van der Waals surface area (Å²) < 4.78 is 22.2. The minimum absolute atomic E-state index is 0.287. The van der Waals surface area contributed by atoms with Crippen LogP contribution in [-0.2, 0) is 15.9 Å². The predicted molar refractivity (Wildman–Crippen MR) is 126 cm³/mol. The predicted octanol–water partition coefficient (Wildman–Crippen LogP) is 3.91. The molecular formula is C26H34N2O4. The van der Waals surface area contributed by atoms with Gasteiger partial charge in [-0.15, -0.1) is 0 Å². The van der Waals surface area contributed by atoms with Crippen LogP contribution in [0.4, 0.5) is 11.4 Å². The summed E-state index contributed by atoms with van der Waals surface area (Å²) in [5.74, 6) is 1.88. The van der Waals surface area contributed by atoms with E-state index in [1.165, 1.54) is 29.8 Å². The Kier molecular flexibility index (Phi) is 6.69. The van der Waals surface area contributed by atoms with Gasteiger partial charge in [0.25, 0.3) is 0 Å². The Morgan fingerprint density at radius 3 is 2.03 bits per heavy atom. The molecule has 0 spiro atoms. The van der Waals surface area contributed by atoms with E-state index >= 15 is 0 Å². The van der Waals surface area contributed by atoms with Gasteiger partial charge in [-0.05, 0) is 60.9 Å². The van der Waals surface area contributed by atoms with Crippen molar-refractivity contribution >= 4 is 11.4 Å². The second-order valence-electron chi connectivity index (χ2n) is 8.89. The summed E-state index contributed by atoms with van der Waals surface area (Å²) in [6.07, 6.45) is 4.06. The number of piperazine rings is 1. The molecule has 0 saturated carbocycles. The lowest BCUT2D eigenvalue weighted by Gasteiger charge is -2.38. The normalized spacial score (nSPS) is 22.0. The Morgan fingerprint density at radius 1 is 0.812 bits per heavy atom. The maximum atomic E-state index is 5.94. The van der Waals surface area contributed by atoms with E-state index in [4.69, 9.17) is 18.9 Å². The number of ether oxygens (including phenoxy) is 4. The van der Waals surface area contributed by atoms with Gasteiger partial charge in [0, 0.05) is 37.6 Å². The largest absolute Gasteiger partial charge is 0.491 e. The fourth-order valence-corrected chi connectivity index (χ4v) is 4.19. The number of aryl methyl sites for hydroxylation is 1. The summed E-state index contributed by atoms with van der Waals surface area (Å²) in [7, 11) is 0. The van der Waals surface area contributed by atoms with Crippen LogP contribution in [0.3, 0.4) is 0 Å². The van der Waals surface area contributed by atoms with Crippen molar-refractivity contribution in [3.05, 3.63) is 48.0 Å². The van der Waals surface area contributed by atoms with Crippen molar-refractivity contribution in [2.75, 3.05) is 62.4 Å². The number of benzene rings is 2. The molecule has 0 aromatic heterocycles. The molecule has 2 unspecified atom stereocenters. The molecule has 5 rings (SSSR count). The molecule has 3 saturated heterocycles. The Balaban J connectivity index is 1.18. The highest BCUT2D eigenvalue weighted by molar-refractivity contribution is 5.58. The van der Waals surface area contributed by atoms with Crippen LogP contribution >= 0.6 is 0 Å². The number of hydrogen-bond donors (Lipinski definition) is 0. The van der Waals surface area contributed by atoms with Crippen LogP contribution in [0.5, 0.6) is 11.5 Å². The molecule has 3 heterocycles. The number of anilines is 2. The highest BCUT2D eigenvalue weighted by Crippen LogP contribution is 2.30. The summed E-state index contributed by atoms with van der Waals surface area (Å²) in [4.78, 5) is 4.99. The van der Waals surface area contributed by atoms with Crippen LogP contribution in [-0.4, -0.2) is 64.8 Å². The molecular weight excluding hydrogens is 404 g/mol. The van der Waals surface area contributed by atoms with Crippen LogP contribution in [0, 0.1) is 0 Å². The summed E-state index contributed by atoms with van der Waals surface area (Å²) in [6, 6.07) is 15.1. The van der Waals surface area contributed by atoms with E-state index in [1.807, 2.05) is 0 Å². The Bertz CT molecular complexity index is 872. The van der Waals surface area contributed by atoms with Gasteiger partial charge in [-0.2, -0.15) is 0 Å². The third kappa shape index (κ3) is 5.67. The van der Waals surface area contributed by atoms with E-state index in [2.05, 4.69) is 59.2 Å². The van der Waals surface area contributed by atoms with Gasteiger partial charge in [-0.1, -0.05) is 13.3 Å². The minimum Gasteiger partial charge on any atom is -0.491 e. The Morgan fingerprint density at radius 2 is 1.41 bits per heavy atom. The van der Waals surface area contributed by atoms with Crippen molar-refractivity contribution in [3.8, 4) is 11.5 Å². The topological polar surface area (TPSA) is 50.0 Å². The van der Waals surface area contributed by atoms with Crippen LogP contribution in [0.1, 0.15) is 25.3 Å². The average molecular weight is 439 g/mol. The molecule has 0 bridgehead atoms. The van der Waals surface area contributed by atoms with Crippen molar-refractivity contribution in [1.29, 1.82) is 0 Å². The first-order valence-corrected chi connectivity index (χ1v) is 12.0. The standard InChI is InChI=1S/C26H34N2O4/c1-2-3-4-20-15-23(30-17-25-19-32-25)9-10-26(20)28-13-11-27(12-14-28)21-5-7-22(8-6-21)29-16-24-18-31-24/h5-10,15,24-25H,2-4,11-14,16-19H2,1H3. The van der Waals surface area contributed by atoms with Crippen molar-refractivity contribution in [1.82, 2.24) is 0 Å². The third-order valence-corrected chi connectivity index (χ3v) is 6.35. The van der Waals surface area contributed by atoms with E-state index in [0.717, 1.165) is 57.3 Å². The van der Waals surface area contributed by atoms with Crippen LogP contribution in [0.15, 0.2) is 42.5 Å². The van der Waals surface area contributed by atoms with Crippen molar-refractivity contribution in [3.63, 3.8) is 0 Å². The molecule has 172 valence electrons. The zero-order valence-corrected chi connectivity index (χ0v) is 19.0. The molecule has 0 radical (unpaired) electrons. The van der Waals surface area contributed by atoms with Gasteiger partial charge >= 0.3 is 0 Å². The molecule has 6 nitrogen and oxygen atoms in total. The zero-order valence-electron chi connectivity index (χ0n) is 19.0. The quantitative estimate of drug-likeness (QED) is 0.496. The molecule has 2 aromatic carbocycles. The van der Waals surface area contributed by atoms with Gasteiger partial charge in [0.2, 0.25) is 0 Å². The number of epoxide rings is 2. The van der Waals surface area contributed by atoms with Gasteiger partial charge < -0.3 is 28.7 Å². The molecule has 6 heteroatoms. The number of hydrogen-bond acceptors (Lipinski definition) is 6. The summed E-state index contributed by atoms with van der Waals surface area (Å²) in [5.41, 5.74) is 4.02. The van der Waals surface area contributed by atoms with Gasteiger partial charge in [-0.3, -0.25) is 0 Å². The van der Waals surface area contributed by atoms with Gasteiger partial charge in [-0.25, -0.2) is 0 Å². The smallest absolute Gasteiger partial charge is 0.119 e. The Labute approximate surface area is 191 Å². The molecule has 3 aliphatic rings. The highest BCUT2D eigenvalue weighted by atomic mass is 16.6. The fourth-order valence-electron chi connectivity index (χ4n) is 4.19. The third-order valence-electron chi connectivity index (χ3n) is 6.35. The monoisotopic (exact) mass is 438 g/mol. The lowest BCUT2D eigenvalue weighted by atomic mass is 10.0. The first-order valence-electron chi connectivity index (χ1n) is 12.0. The fraction of sp³-hybridized carbons (Fsp3) is 0.538.